The summed E-state index contributed by atoms with van der Waals surface area (Å²) in [5, 5.41) is 33.5. The van der Waals surface area contributed by atoms with Crippen molar-refractivity contribution in [3.8, 4) is 11.1 Å². The zero-order valence-electron chi connectivity index (χ0n) is 30.0. The number of nitrogens with one attached hydrogen (secondary N) is 1. The van der Waals surface area contributed by atoms with Crippen molar-refractivity contribution < 1.29 is 34.4 Å². The monoisotopic (exact) mass is 740 g/mol. The second-order valence-electron chi connectivity index (χ2n) is 14.2. The normalized spacial score (nSPS) is 20.2. The molecule has 6 rings (SSSR count). The molecule has 0 spiro atoms. The summed E-state index contributed by atoms with van der Waals surface area (Å²) in [5.41, 5.74) is 5.79. The molecule has 10 heteroatoms. The number of aliphatic hydroxyl groups is 2. The largest absolute Gasteiger partial charge is 0.481 e. The summed E-state index contributed by atoms with van der Waals surface area (Å²) in [4.78, 5) is 25.5. The van der Waals surface area contributed by atoms with Crippen molar-refractivity contribution >= 4 is 23.5 Å². The van der Waals surface area contributed by atoms with Gasteiger partial charge in [0.15, 0.2) is 6.29 Å². The van der Waals surface area contributed by atoms with Gasteiger partial charge in [0.1, 0.15) is 0 Å². The van der Waals surface area contributed by atoms with Crippen LogP contribution in [0.4, 0.5) is 0 Å². The highest BCUT2D eigenvalue weighted by Crippen LogP contribution is 2.40. The highest BCUT2D eigenvalue weighted by Gasteiger charge is 2.37. The fraction of sp³-hybridized carbons (Fsp3) is 0.395. The summed E-state index contributed by atoms with van der Waals surface area (Å²) in [6.45, 7) is 2.56. The van der Waals surface area contributed by atoms with Crippen LogP contribution < -0.4 is 5.32 Å². The van der Waals surface area contributed by atoms with E-state index >= 15 is 0 Å². The Morgan fingerprint density at radius 1 is 0.811 bits per heavy atom. The van der Waals surface area contributed by atoms with Crippen molar-refractivity contribution in [2.75, 3.05) is 19.6 Å². The third kappa shape index (κ3) is 10.8. The van der Waals surface area contributed by atoms with Crippen LogP contribution in [0.15, 0.2) is 97.1 Å². The van der Waals surface area contributed by atoms with Crippen LogP contribution in [0.25, 0.3) is 11.1 Å². The highest BCUT2D eigenvalue weighted by molar-refractivity contribution is 6.30. The van der Waals surface area contributed by atoms with Gasteiger partial charge in [0.2, 0.25) is 5.91 Å². The molecule has 2 heterocycles. The standard InChI is InChI=1S/C43H49ClN2O7/c44-37-18-16-36(17-19-37)43(51)20-22-46(23-21-43)28-38-26-39(32-14-12-30(29-47)13-15-32)53-42(52-38)35-9-5-8-34(25-35)33-7-4-6-31(24-33)27-45-40(48)10-2-1-3-11-41(49)50/h4-9,12-19,24-25,38-39,42,47,51H,1-3,10-11,20-23,26-29H2,(H,45,48)(H,49,50)/t38-,39+,42+/m0/s1. The maximum Gasteiger partial charge on any atom is 0.303 e. The Kier molecular flexibility index (Phi) is 13.3. The number of carbonyl (C=O) groups excluding carboxylic acids is 1. The van der Waals surface area contributed by atoms with Gasteiger partial charge in [-0.1, -0.05) is 90.8 Å². The Labute approximate surface area is 316 Å². The molecule has 2 fully saturated rings. The number of carboxylic acid groups (broad SMARTS) is 1. The number of hydrogen-bond acceptors (Lipinski definition) is 7. The summed E-state index contributed by atoms with van der Waals surface area (Å²) in [6.07, 6.45) is 3.43. The van der Waals surface area contributed by atoms with Crippen molar-refractivity contribution in [1.29, 1.82) is 0 Å². The van der Waals surface area contributed by atoms with E-state index in [0.717, 1.165) is 52.0 Å². The summed E-state index contributed by atoms with van der Waals surface area (Å²) in [7, 11) is 0. The second-order valence-corrected chi connectivity index (χ2v) is 14.7. The van der Waals surface area contributed by atoms with Gasteiger partial charge >= 0.3 is 5.97 Å². The van der Waals surface area contributed by atoms with E-state index in [2.05, 4.69) is 28.4 Å². The lowest BCUT2D eigenvalue weighted by molar-refractivity contribution is -0.253. The van der Waals surface area contributed by atoms with Crippen LogP contribution in [0.5, 0.6) is 0 Å². The molecule has 0 bridgehead atoms. The molecular formula is C43H49ClN2O7. The lowest BCUT2D eigenvalue weighted by Crippen LogP contribution is -2.46. The first kappa shape index (κ1) is 38.6. The molecule has 0 unspecified atom stereocenters. The molecule has 3 atom stereocenters. The van der Waals surface area contributed by atoms with Crippen molar-refractivity contribution in [3.05, 3.63) is 130 Å². The highest BCUT2D eigenvalue weighted by atomic mass is 35.5. The number of benzene rings is 4. The Bertz CT molecular complexity index is 1810. The molecule has 9 nitrogen and oxygen atoms in total. The summed E-state index contributed by atoms with van der Waals surface area (Å²) in [6, 6.07) is 31.7. The van der Waals surface area contributed by atoms with Crippen molar-refractivity contribution in [2.45, 2.75) is 88.6 Å². The first-order valence-corrected chi connectivity index (χ1v) is 18.9. The molecule has 280 valence electrons. The molecule has 2 aliphatic rings. The van der Waals surface area contributed by atoms with Gasteiger partial charge in [-0.25, -0.2) is 0 Å². The number of aliphatic hydroxyl groups excluding tert-OH is 1. The molecule has 4 aromatic rings. The van der Waals surface area contributed by atoms with Gasteiger partial charge in [-0.3, -0.25) is 9.59 Å². The number of halogens is 1. The minimum Gasteiger partial charge on any atom is -0.481 e. The number of rotatable bonds is 15. The van der Waals surface area contributed by atoms with E-state index < -0.39 is 17.9 Å². The molecule has 0 saturated carbocycles. The third-order valence-corrected chi connectivity index (χ3v) is 10.6. The Balaban J connectivity index is 1.12. The predicted molar refractivity (Wildman–Crippen MR) is 204 cm³/mol. The molecule has 2 aliphatic heterocycles. The number of carbonyl (C=O) groups is 2. The van der Waals surface area contributed by atoms with E-state index in [1.54, 1.807) is 0 Å². The van der Waals surface area contributed by atoms with Gasteiger partial charge in [0.05, 0.1) is 24.4 Å². The van der Waals surface area contributed by atoms with Crippen LogP contribution in [-0.4, -0.2) is 57.8 Å². The van der Waals surface area contributed by atoms with E-state index in [1.165, 1.54) is 0 Å². The maximum atomic E-state index is 12.4. The smallest absolute Gasteiger partial charge is 0.303 e. The zero-order chi connectivity index (χ0) is 37.2. The number of hydrogen-bond donors (Lipinski definition) is 4. The number of carboxylic acids is 1. The van der Waals surface area contributed by atoms with Gasteiger partial charge < -0.3 is 35.0 Å². The minimum atomic E-state index is -0.884. The first-order chi connectivity index (χ1) is 25.7. The zero-order valence-corrected chi connectivity index (χ0v) is 30.7. The van der Waals surface area contributed by atoms with Crippen molar-refractivity contribution in [3.63, 3.8) is 0 Å². The molecule has 0 aliphatic carbocycles. The van der Waals surface area contributed by atoms with Crippen LogP contribution in [0, 0.1) is 0 Å². The van der Waals surface area contributed by atoms with E-state index in [-0.39, 0.29) is 31.1 Å². The van der Waals surface area contributed by atoms with Crippen LogP contribution >= 0.6 is 11.6 Å². The fourth-order valence-electron chi connectivity index (χ4n) is 7.23. The minimum absolute atomic E-state index is 0.0198. The molecule has 4 N–H and O–H groups in total. The number of amides is 1. The van der Waals surface area contributed by atoms with Crippen molar-refractivity contribution in [1.82, 2.24) is 10.2 Å². The van der Waals surface area contributed by atoms with Gasteiger partial charge in [-0.2, -0.15) is 0 Å². The summed E-state index contributed by atoms with van der Waals surface area (Å²) >= 11 is 6.10. The Morgan fingerprint density at radius 2 is 1.51 bits per heavy atom. The molecule has 1 amide bonds. The number of ether oxygens (including phenoxy) is 2. The molecule has 0 radical (unpaired) electrons. The molecule has 4 aromatic carbocycles. The van der Waals surface area contributed by atoms with E-state index in [0.29, 0.717) is 63.1 Å². The van der Waals surface area contributed by atoms with Crippen LogP contribution in [-0.2, 0) is 37.8 Å². The number of unbranched alkanes of at least 4 members (excludes halogenated alkanes) is 2. The van der Waals surface area contributed by atoms with Gasteiger partial charge in [0.25, 0.3) is 0 Å². The summed E-state index contributed by atoms with van der Waals surface area (Å²) < 4.78 is 13.4. The Morgan fingerprint density at radius 3 is 2.23 bits per heavy atom. The number of aliphatic carboxylic acids is 1. The lowest BCUT2D eigenvalue weighted by Gasteiger charge is -2.42. The van der Waals surface area contributed by atoms with Crippen LogP contribution in [0.2, 0.25) is 5.02 Å². The Hall–Kier alpha value is -4.09. The molecular weight excluding hydrogens is 692 g/mol. The van der Waals surface area contributed by atoms with Crippen molar-refractivity contribution in [2.24, 2.45) is 0 Å². The van der Waals surface area contributed by atoms with E-state index in [1.807, 2.05) is 78.9 Å². The molecule has 0 aromatic heterocycles. The van der Waals surface area contributed by atoms with Crippen LogP contribution in [0.1, 0.15) is 91.6 Å². The SMILES string of the molecule is O=C(O)CCCCCC(=O)NCc1cccc(-c2cccc([C@@H]3O[C@H](CN4CCC(O)(c5ccc(Cl)cc5)CC4)C[C@H](c4ccc(CO)cc4)O3)c2)c1. The first-order valence-electron chi connectivity index (χ1n) is 18.6. The number of piperidine rings is 1. The fourth-order valence-corrected chi connectivity index (χ4v) is 7.35. The van der Waals surface area contributed by atoms with Gasteiger partial charge in [0, 0.05) is 56.0 Å². The van der Waals surface area contributed by atoms with Gasteiger partial charge in [-0.15, -0.1) is 0 Å². The average Bonchev–Trinajstić information content (AvgIpc) is 3.18. The van der Waals surface area contributed by atoms with Crippen LogP contribution in [0.3, 0.4) is 0 Å². The molecule has 2 saturated heterocycles. The number of likely N-dealkylation sites (tertiary alicyclic amines) is 1. The molecule has 53 heavy (non-hydrogen) atoms. The summed E-state index contributed by atoms with van der Waals surface area (Å²) in [5.74, 6) is -0.854. The van der Waals surface area contributed by atoms with Gasteiger partial charge in [-0.05, 0) is 83.3 Å². The number of nitrogens with zero attached hydrogens (tertiary/aromatic N) is 1. The quantitative estimate of drug-likeness (QED) is 0.0915. The van der Waals surface area contributed by atoms with E-state index in [9.17, 15) is 19.8 Å². The predicted octanol–water partition coefficient (Wildman–Crippen LogP) is 7.68. The lowest BCUT2D eigenvalue weighted by atomic mass is 9.84. The average molecular weight is 741 g/mol. The third-order valence-electron chi connectivity index (χ3n) is 10.3. The maximum absolute atomic E-state index is 12.4. The second kappa shape index (κ2) is 18.3. The topological polar surface area (TPSA) is 129 Å². The van der Waals surface area contributed by atoms with E-state index in [4.69, 9.17) is 26.2 Å².